The van der Waals surface area contributed by atoms with E-state index in [1.54, 1.807) is 7.11 Å². The van der Waals surface area contributed by atoms with E-state index in [-0.39, 0.29) is 18.0 Å². The van der Waals surface area contributed by atoms with Crippen LogP contribution in [0.15, 0.2) is 0 Å². The quantitative estimate of drug-likeness (QED) is 0.618. The van der Waals surface area contributed by atoms with Gasteiger partial charge in [-0.25, -0.2) is 0 Å². The number of carbonyl (C=O) groups is 1. The number of hydrogen-bond acceptors (Lipinski definition) is 3. The molecule has 0 rings (SSSR count). The molecule has 0 aromatic rings. The molecule has 0 aliphatic carbocycles. The second kappa shape index (κ2) is 5.97. The first-order valence-corrected chi connectivity index (χ1v) is 4.68. The SMILES string of the molecule is COCC(C)OC(=O)[C@@H](C)C(C)C. The maximum Gasteiger partial charge on any atom is 0.309 e. The highest BCUT2D eigenvalue weighted by molar-refractivity contribution is 5.72. The zero-order valence-electron chi connectivity index (χ0n) is 9.16. The summed E-state index contributed by atoms with van der Waals surface area (Å²) in [5.41, 5.74) is 0. The molecule has 0 aliphatic heterocycles. The van der Waals surface area contributed by atoms with Crippen LogP contribution in [0.1, 0.15) is 27.7 Å². The van der Waals surface area contributed by atoms with E-state index in [9.17, 15) is 4.79 Å². The highest BCUT2D eigenvalue weighted by Crippen LogP contribution is 2.12. The van der Waals surface area contributed by atoms with E-state index in [1.807, 2.05) is 27.7 Å². The molecule has 0 saturated heterocycles. The molecule has 0 spiro atoms. The van der Waals surface area contributed by atoms with Crippen LogP contribution in [0.25, 0.3) is 0 Å². The van der Waals surface area contributed by atoms with Crippen molar-refractivity contribution >= 4 is 5.97 Å². The smallest absolute Gasteiger partial charge is 0.309 e. The van der Waals surface area contributed by atoms with E-state index in [1.165, 1.54) is 0 Å². The third kappa shape index (κ3) is 4.88. The summed E-state index contributed by atoms with van der Waals surface area (Å²) in [5.74, 6) is 0.140. The number of carbonyl (C=O) groups excluding carboxylic acids is 1. The third-order valence-corrected chi connectivity index (χ3v) is 2.09. The van der Waals surface area contributed by atoms with Gasteiger partial charge in [-0.3, -0.25) is 4.79 Å². The molecule has 0 fully saturated rings. The molecule has 0 bridgehead atoms. The van der Waals surface area contributed by atoms with Crippen molar-refractivity contribution in [3.63, 3.8) is 0 Å². The van der Waals surface area contributed by atoms with Gasteiger partial charge in [0.05, 0.1) is 12.5 Å². The molecule has 0 saturated carbocycles. The van der Waals surface area contributed by atoms with Crippen molar-refractivity contribution < 1.29 is 14.3 Å². The Kier molecular flexibility index (Phi) is 5.71. The largest absolute Gasteiger partial charge is 0.460 e. The average molecular weight is 188 g/mol. The summed E-state index contributed by atoms with van der Waals surface area (Å²) >= 11 is 0. The van der Waals surface area contributed by atoms with Crippen LogP contribution in [0, 0.1) is 11.8 Å². The fraction of sp³-hybridized carbons (Fsp3) is 0.900. The molecule has 0 aromatic heterocycles. The first kappa shape index (κ1) is 12.4. The van der Waals surface area contributed by atoms with E-state index in [0.29, 0.717) is 12.5 Å². The van der Waals surface area contributed by atoms with Crippen molar-refractivity contribution in [2.45, 2.75) is 33.8 Å². The summed E-state index contributed by atoms with van der Waals surface area (Å²) in [6.45, 7) is 8.18. The molecule has 13 heavy (non-hydrogen) atoms. The van der Waals surface area contributed by atoms with Crippen LogP contribution < -0.4 is 0 Å². The van der Waals surface area contributed by atoms with Crippen LogP contribution in [0.2, 0.25) is 0 Å². The van der Waals surface area contributed by atoms with Gasteiger partial charge in [0.1, 0.15) is 6.10 Å². The Balaban J connectivity index is 3.85. The zero-order chi connectivity index (χ0) is 10.4. The lowest BCUT2D eigenvalue weighted by Gasteiger charge is -2.18. The molecule has 0 radical (unpaired) electrons. The van der Waals surface area contributed by atoms with Gasteiger partial charge in [-0.15, -0.1) is 0 Å². The second-order valence-corrected chi connectivity index (χ2v) is 3.74. The molecule has 78 valence electrons. The van der Waals surface area contributed by atoms with E-state index >= 15 is 0 Å². The van der Waals surface area contributed by atoms with Crippen LogP contribution in [0.3, 0.4) is 0 Å². The minimum atomic E-state index is -0.154. The van der Waals surface area contributed by atoms with Gasteiger partial charge in [0.15, 0.2) is 0 Å². The Morgan fingerprint density at radius 2 is 1.77 bits per heavy atom. The molecule has 0 heterocycles. The first-order valence-electron chi connectivity index (χ1n) is 4.68. The fourth-order valence-electron chi connectivity index (χ4n) is 0.847. The summed E-state index contributed by atoms with van der Waals surface area (Å²) in [5, 5.41) is 0. The van der Waals surface area contributed by atoms with E-state index in [4.69, 9.17) is 9.47 Å². The van der Waals surface area contributed by atoms with Gasteiger partial charge in [-0.2, -0.15) is 0 Å². The molecule has 0 amide bonds. The molecule has 3 nitrogen and oxygen atoms in total. The zero-order valence-corrected chi connectivity index (χ0v) is 9.16. The molecular weight excluding hydrogens is 168 g/mol. The number of ether oxygens (including phenoxy) is 2. The molecular formula is C10H20O3. The van der Waals surface area contributed by atoms with E-state index < -0.39 is 0 Å². The topological polar surface area (TPSA) is 35.5 Å². The van der Waals surface area contributed by atoms with Gasteiger partial charge < -0.3 is 9.47 Å². The summed E-state index contributed by atoms with van der Waals surface area (Å²) in [4.78, 5) is 11.4. The van der Waals surface area contributed by atoms with Crippen molar-refractivity contribution in [2.24, 2.45) is 11.8 Å². The molecule has 1 unspecified atom stereocenters. The van der Waals surface area contributed by atoms with Crippen LogP contribution >= 0.6 is 0 Å². The first-order chi connectivity index (χ1) is 5.99. The minimum absolute atomic E-state index is 0.0423. The lowest BCUT2D eigenvalue weighted by atomic mass is 9.98. The number of esters is 1. The monoisotopic (exact) mass is 188 g/mol. The molecule has 3 heteroatoms. The lowest BCUT2D eigenvalue weighted by Crippen LogP contribution is -2.26. The van der Waals surface area contributed by atoms with Gasteiger partial charge >= 0.3 is 5.97 Å². The highest BCUT2D eigenvalue weighted by Gasteiger charge is 2.19. The fourth-order valence-corrected chi connectivity index (χ4v) is 0.847. The average Bonchev–Trinajstić information content (AvgIpc) is 2.03. The maximum atomic E-state index is 11.4. The minimum Gasteiger partial charge on any atom is -0.460 e. The molecule has 0 N–H and O–H groups in total. The van der Waals surface area contributed by atoms with E-state index in [2.05, 4.69) is 0 Å². The van der Waals surface area contributed by atoms with Crippen LogP contribution in [-0.4, -0.2) is 25.8 Å². The van der Waals surface area contributed by atoms with Crippen molar-refractivity contribution in [1.29, 1.82) is 0 Å². The lowest BCUT2D eigenvalue weighted by molar-refractivity contribution is -0.156. The highest BCUT2D eigenvalue weighted by atomic mass is 16.6. The number of hydrogen-bond donors (Lipinski definition) is 0. The number of rotatable bonds is 5. The van der Waals surface area contributed by atoms with Crippen molar-refractivity contribution in [2.75, 3.05) is 13.7 Å². The van der Waals surface area contributed by atoms with Gasteiger partial charge in [0, 0.05) is 7.11 Å². The Bertz CT molecular complexity index is 154. The summed E-state index contributed by atoms with van der Waals surface area (Å²) in [6.07, 6.45) is -0.154. The molecule has 0 aromatic carbocycles. The van der Waals surface area contributed by atoms with Gasteiger partial charge in [-0.05, 0) is 12.8 Å². The Hall–Kier alpha value is -0.570. The Morgan fingerprint density at radius 1 is 1.23 bits per heavy atom. The third-order valence-electron chi connectivity index (χ3n) is 2.09. The number of methoxy groups -OCH3 is 1. The standard InChI is InChI=1S/C10H20O3/c1-7(2)9(4)10(11)13-8(3)6-12-5/h7-9H,6H2,1-5H3/t8?,9-/m0/s1. The van der Waals surface area contributed by atoms with E-state index in [0.717, 1.165) is 0 Å². The van der Waals surface area contributed by atoms with Crippen LogP contribution in [-0.2, 0) is 14.3 Å². The van der Waals surface area contributed by atoms with Gasteiger partial charge in [-0.1, -0.05) is 20.8 Å². The van der Waals surface area contributed by atoms with Crippen LogP contribution in [0.4, 0.5) is 0 Å². The Morgan fingerprint density at radius 3 is 2.15 bits per heavy atom. The van der Waals surface area contributed by atoms with Crippen LogP contribution in [0.5, 0.6) is 0 Å². The Labute approximate surface area is 80.4 Å². The predicted molar refractivity (Wildman–Crippen MR) is 51.4 cm³/mol. The molecule has 2 atom stereocenters. The molecule has 0 aliphatic rings. The van der Waals surface area contributed by atoms with Gasteiger partial charge in [0.2, 0.25) is 0 Å². The second-order valence-electron chi connectivity index (χ2n) is 3.74. The van der Waals surface area contributed by atoms with Crippen molar-refractivity contribution in [1.82, 2.24) is 0 Å². The normalized spacial score (nSPS) is 15.5. The predicted octanol–water partition coefficient (Wildman–Crippen LogP) is 1.86. The summed E-state index contributed by atoms with van der Waals surface area (Å²) in [7, 11) is 1.59. The maximum absolute atomic E-state index is 11.4. The van der Waals surface area contributed by atoms with Crippen molar-refractivity contribution in [3.05, 3.63) is 0 Å². The van der Waals surface area contributed by atoms with Crippen molar-refractivity contribution in [3.8, 4) is 0 Å². The summed E-state index contributed by atoms with van der Waals surface area (Å²) in [6, 6.07) is 0. The summed E-state index contributed by atoms with van der Waals surface area (Å²) < 4.78 is 10.0. The van der Waals surface area contributed by atoms with Gasteiger partial charge in [0.25, 0.3) is 0 Å².